The number of ether oxygens (including phenoxy) is 1. The molecule has 1 atom stereocenters. The summed E-state index contributed by atoms with van der Waals surface area (Å²) in [4.78, 5) is 0.318. The summed E-state index contributed by atoms with van der Waals surface area (Å²) in [6.07, 6.45) is -0.140. The van der Waals surface area contributed by atoms with E-state index in [-0.39, 0.29) is 12.6 Å². The Bertz CT molecular complexity index is 442. The van der Waals surface area contributed by atoms with Crippen LogP contribution in [-0.4, -0.2) is 28.2 Å². The molecule has 0 bridgehead atoms. The normalized spacial score (nSPS) is 13.7. The highest BCUT2D eigenvalue weighted by molar-refractivity contribution is 7.89. The molecule has 0 radical (unpaired) electrons. The maximum absolute atomic E-state index is 11.9. The van der Waals surface area contributed by atoms with Gasteiger partial charge in [-0.05, 0) is 25.5 Å². The van der Waals surface area contributed by atoms with Crippen molar-refractivity contribution in [2.45, 2.75) is 24.8 Å². The molecule has 0 aliphatic carbocycles. The van der Waals surface area contributed by atoms with Crippen molar-refractivity contribution in [3.63, 3.8) is 0 Å². The fourth-order valence-electron chi connectivity index (χ4n) is 1.25. The fourth-order valence-corrected chi connectivity index (χ4v) is 2.61. The predicted octanol–water partition coefficient (Wildman–Crippen LogP) is 1.31. The third kappa shape index (κ3) is 3.30. The van der Waals surface area contributed by atoms with Crippen LogP contribution in [-0.2, 0) is 14.8 Å². The van der Waals surface area contributed by atoms with Crippen molar-refractivity contribution in [1.29, 1.82) is 0 Å². The van der Waals surface area contributed by atoms with E-state index >= 15 is 0 Å². The van der Waals surface area contributed by atoms with Crippen molar-refractivity contribution >= 4 is 10.0 Å². The number of aryl methyl sites for hydroxylation is 1. The Hall–Kier alpha value is -0.910. The van der Waals surface area contributed by atoms with E-state index in [9.17, 15) is 8.42 Å². The van der Waals surface area contributed by atoms with Crippen LogP contribution in [0.3, 0.4) is 0 Å². The van der Waals surface area contributed by atoms with Crippen molar-refractivity contribution in [3.05, 3.63) is 29.8 Å². The molecule has 0 aromatic heterocycles. The van der Waals surface area contributed by atoms with E-state index in [1.54, 1.807) is 39.2 Å². The number of hydrogen-bond acceptors (Lipinski definition) is 3. The summed E-state index contributed by atoms with van der Waals surface area (Å²) in [7, 11) is -1.88. The quantitative estimate of drug-likeness (QED) is 0.848. The Morgan fingerprint density at radius 2 is 2.00 bits per heavy atom. The summed E-state index contributed by atoms with van der Waals surface area (Å²) in [5.74, 6) is 0. The minimum Gasteiger partial charge on any atom is -0.380 e. The molecule has 1 aromatic rings. The first-order valence-corrected chi connectivity index (χ1v) is 6.54. The topological polar surface area (TPSA) is 55.4 Å². The molecule has 1 N–H and O–H groups in total. The number of hydrogen-bond donors (Lipinski definition) is 1. The molecule has 0 aliphatic heterocycles. The molecule has 90 valence electrons. The lowest BCUT2D eigenvalue weighted by Crippen LogP contribution is -2.32. The van der Waals surface area contributed by atoms with Gasteiger partial charge in [-0.25, -0.2) is 13.1 Å². The van der Waals surface area contributed by atoms with Crippen LogP contribution in [0.2, 0.25) is 0 Å². The smallest absolute Gasteiger partial charge is 0.240 e. The summed E-state index contributed by atoms with van der Waals surface area (Å²) in [6, 6.07) is 6.89. The summed E-state index contributed by atoms with van der Waals surface area (Å²) < 4.78 is 31.3. The average Bonchev–Trinajstić information content (AvgIpc) is 2.26. The van der Waals surface area contributed by atoms with Gasteiger partial charge in [0.1, 0.15) is 0 Å². The second kappa shape index (κ2) is 5.43. The lowest BCUT2D eigenvalue weighted by Gasteiger charge is -2.12. The van der Waals surface area contributed by atoms with E-state index in [1.807, 2.05) is 6.07 Å². The monoisotopic (exact) mass is 243 g/mol. The molecular formula is C11H17NO3S. The van der Waals surface area contributed by atoms with E-state index in [0.717, 1.165) is 5.56 Å². The van der Waals surface area contributed by atoms with Crippen LogP contribution >= 0.6 is 0 Å². The molecule has 1 aromatic carbocycles. The number of rotatable bonds is 5. The molecule has 5 heteroatoms. The van der Waals surface area contributed by atoms with Gasteiger partial charge in [-0.3, -0.25) is 0 Å². The maximum Gasteiger partial charge on any atom is 0.240 e. The van der Waals surface area contributed by atoms with Gasteiger partial charge < -0.3 is 4.74 Å². The van der Waals surface area contributed by atoms with Gasteiger partial charge in [0.05, 0.1) is 11.0 Å². The Morgan fingerprint density at radius 1 is 1.38 bits per heavy atom. The predicted molar refractivity (Wildman–Crippen MR) is 62.8 cm³/mol. The summed E-state index contributed by atoms with van der Waals surface area (Å²) in [5.41, 5.74) is 0.736. The summed E-state index contributed by atoms with van der Waals surface area (Å²) in [6.45, 7) is 3.85. The lowest BCUT2D eigenvalue weighted by atomic mass is 10.2. The van der Waals surface area contributed by atoms with Crippen LogP contribution in [0.5, 0.6) is 0 Å². The highest BCUT2D eigenvalue weighted by Crippen LogP contribution is 2.13. The van der Waals surface area contributed by atoms with Crippen LogP contribution in [0.15, 0.2) is 29.2 Å². The zero-order chi connectivity index (χ0) is 12.2. The molecule has 0 saturated carbocycles. The summed E-state index contributed by atoms with van der Waals surface area (Å²) >= 11 is 0. The summed E-state index contributed by atoms with van der Waals surface area (Å²) in [5, 5.41) is 0. The zero-order valence-corrected chi connectivity index (χ0v) is 10.5. The minimum absolute atomic E-state index is 0.140. The molecule has 1 rings (SSSR count). The molecule has 0 amide bonds. The van der Waals surface area contributed by atoms with Gasteiger partial charge in [0, 0.05) is 13.7 Å². The van der Waals surface area contributed by atoms with Crippen LogP contribution < -0.4 is 4.72 Å². The minimum atomic E-state index is -3.43. The number of benzene rings is 1. The van der Waals surface area contributed by atoms with E-state index in [1.165, 1.54) is 0 Å². The highest BCUT2D eigenvalue weighted by atomic mass is 32.2. The Morgan fingerprint density at radius 3 is 2.56 bits per heavy atom. The van der Waals surface area contributed by atoms with Gasteiger partial charge in [0.25, 0.3) is 0 Å². The molecule has 0 heterocycles. The Labute approximate surface area is 96.7 Å². The Kier molecular flexibility index (Phi) is 4.46. The van der Waals surface area contributed by atoms with Gasteiger partial charge >= 0.3 is 0 Å². The molecule has 0 spiro atoms. The van der Waals surface area contributed by atoms with Gasteiger partial charge in [-0.15, -0.1) is 0 Å². The molecular weight excluding hydrogens is 226 g/mol. The average molecular weight is 243 g/mol. The van der Waals surface area contributed by atoms with E-state index in [0.29, 0.717) is 4.90 Å². The number of sulfonamides is 1. The second-order valence-corrected chi connectivity index (χ2v) is 5.40. The molecule has 0 fully saturated rings. The van der Waals surface area contributed by atoms with Crippen LogP contribution in [0.4, 0.5) is 0 Å². The second-order valence-electron chi connectivity index (χ2n) is 3.66. The molecule has 0 saturated heterocycles. The van der Waals surface area contributed by atoms with Gasteiger partial charge in [-0.1, -0.05) is 18.2 Å². The number of methoxy groups -OCH3 is 1. The SMILES string of the molecule is COC(C)CNS(=O)(=O)c1ccccc1C. The zero-order valence-electron chi connectivity index (χ0n) is 9.73. The van der Waals surface area contributed by atoms with Crippen molar-refractivity contribution < 1.29 is 13.2 Å². The highest BCUT2D eigenvalue weighted by Gasteiger charge is 2.16. The standard InChI is InChI=1S/C11H17NO3S/c1-9-6-4-5-7-11(9)16(13,14)12-8-10(2)15-3/h4-7,10,12H,8H2,1-3H3. The maximum atomic E-state index is 11.9. The molecule has 1 unspecified atom stereocenters. The largest absolute Gasteiger partial charge is 0.380 e. The molecule has 16 heavy (non-hydrogen) atoms. The van der Waals surface area contributed by atoms with Gasteiger partial charge in [0.2, 0.25) is 10.0 Å². The van der Waals surface area contributed by atoms with Crippen LogP contribution in [0.1, 0.15) is 12.5 Å². The molecule has 4 nitrogen and oxygen atoms in total. The van der Waals surface area contributed by atoms with Crippen LogP contribution in [0, 0.1) is 6.92 Å². The third-order valence-electron chi connectivity index (χ3n) is 2.35. The first-order chi connectivity index (χ1) is 7.47. The number of nitrogens with one attached hydrogen (secondary N) is 1. The van der Waals surface area contributed by atoms with E-state index < -0.39 is 10.0 Å². The third-order valence-corrected chi connectivity index (χ3v) is 3.93. The van der Waals surface area contributed by atoms with Crippen LogP contribution in [0.25, 0.3) is 0 Å². The Balaban J connectivity index is 2.83. The van der Waals surface area contributed by atoms with Gasteiger partial charge in [-0.2, -0.15) is 0 Å². The van der Waals surface area contributed by atoms with Crippen molar-refractivity contribution in [2.24, 2.45) is 0 Å². The molecule has 0 aliphatic rings. The lowest BCUT2D eigenvalue weighted by molar-refractivity contribution is 0.122. The first-order valence-electron chi connectivity index (χ1n) is 5.05. The first kappa shape index (κ1) is 13.2. The fraction of sp³-hybridized carbons (Fsp3) is 0.455. The van der Waals surface area contributed by atoms with Crippen molar-refractivity contribution in [3.8, 4) is 0 Å². The van der Waals surface area contributed by atoms with Gasteiger partial charge in [0.15, 0.2) is 0 Å². The van der Waals surface area contributed by atoms with Crippen molar-refractivity contribution in [2.75, 3.05) is 13.7 Å². The van der Waals surface area contributed by atoms with E-state index in [4.69, 9.17) is 4.74 Å². The van der Waals surface area contributed by atoms with E-state index in [2.05, 4.69) is 4.72 Å². The van der Waals surface area contributed by atoms with Crippen molar-refractivity contribution in [1.82, 2.24) is 4.72 Å².